The van der Waals surface area contributed by atoms with Crippen LogP contribution in [0.3, 0.4) is 0 Å². The summed E-state index contributed by atoms with van der Waals surface area (Å²) in [5.41, 5.74) is 4.03. The minimum atomic E-state index is 0.0262. The van der Waals surface area contributed by atoms with Gasteiger partial charge in [0.05, 0.1) is 6.54 Å². The number of benzene rings is 3. The van der Waals surface area contributed by atoms with Gasteiger partial charge in [-0.15, -0.1) is 0 Å². The number of hydrogen-bond donors (Lipinski definition) is 0. The molecule has 1 atom stereocenters. The van der Waals surface area contributed by atoms with Gasteiger partial charge in [0, 0.05) is 17.2 Å². The van der Waals surface area contributed by atoms with Gasteiger partial charge >= 0.3 is 0 Å². The van der Waals surface area contributed by atoms with Gasteiger partial charge in [0.15, 0.2) is 11.5 Å². The van der Waals surface area contributed by atoms with Crippen LogP contribution in [0.25, 0.3) is 0 Å². The van der Waals surface area contributed by atoms with Crippen molar-refractivity contribution in [1.29, 1.82) is 0 Å². The van der Waals surface area contributed by atoms with Crippen LogP contribution in [0.2, 0.25) is 0 Å². The first kappa shape index (κ1) is 18.5. The number of allylic oxidation sites excluding steroid dienone is 2. The molecule has 4 heteroatoms. The predicted molar refractivity (Wildman–Crippen MR) is 115 cm³/mol. The van der Waals surface area contributed by atoms with E-state index in [0.717, 1.165) is 41.2 Å². The van der Waals surface area contributed by atoms with Gasteiger partial charge in [0.25, 0.3) is 5.91 Å². The molecule has 150 valence electrons. The van der Waals surface area contributed by atoms with Gasteiger partial charge in [-0.1, -0.05) is 60.7 Å². The van der Waals surface area contributed by atoms with Gasteiger partial charge in [-0.2, -0.15) is 0 Å². The summed E-state index contributed by atoms with van der Waals surface area (Å²) in [5, 5.41) is 0. The van der Waals surface area contributed by atoms with Crippen molar-refractivity contribution in [3.8, 4) is 11.5 Å². The number of amides is 1. The zero-order chi connectivity index (χ0) is 20.3. The maximum atomic E-state index is 13.5. The van der Waals surface area contributed by atoms with E-state index < -0.39 is 0 Å². The number of rotatable bonds is 5. The molecule has 30 heavy (non-hydrogen) atoms. The van der Waals surface area contributed by atoms with Crippen LogP contribution in [-0.4, -0.2) is 17.6 Å². The SMILES string of the molecule is O=C(c1ccccc1)N(Cc1ccccc1)C1=CCCC1c1ccc2c(c1)OCO2. The van der Waals surface area contributed by atoms with Gasteiger partial charge in [0.1, 0.15) is 0 Å². The van der Waals surface area contributed by atoms with Crippen molar-refractivity contribution in [2.75, 3.05) is 6.79 Å². The summed E-state index contributed by atoms with van der Waals surface area (Å²) in [6, 6.07) is 25.8. The smallest absolute Gasteiger partial charge is 0.258 e. The molecule has 5 rings (SSSR count). The Kier molecular flexibility index (Phi) is 4.98. The fourth-order valence-electron chi connectivity index (χ4n) is 4.24. The Morgan fingerprint density at radius 3 is 2.43 bits per heavy atom. The van der Waals surface area contributed by atoms with Gasteiger partial charge in [-0.25, -0.2) is 0 Å². The monoisotopic (exact) mass is 397 g/mol. The fourth-order valence-corrected chi connectivity index (χ4v) is 4.24. The topological polar surface area (TPSA) is 38.8 Å². The van der Waals surface area contributed by atoms with Crippen molar-refractivity contribution in [2.45, 2.75) is 25.3 Å². The maximum Gasteiger partial charge on any atom is 0.258 e. The van der Waals surface area contributed by atoms with Gasteiger partial charge in [-0.05, 0) is 48.2 Å². The Bertz CT molecular complexity index is 1080. The zero-order valence-electron chi connectivity index (χ0n) is 16.7. The Morgan fingerprint density at radius 1 is 0.900 bits per heavy atom. The second kappa shape index (κ2) is 8.07. The molecule has 1 heterocycles. The zero-order valence-corrected chi connectivity index (χ0v) is 16.7. The number of nitrogens with zero attached hydrogens (tertiary/aromatic N) is 1. The Hall–Kier alpha value is -3.53. The fraction of sp³-hybridized carbons (Fsp3) is 0.192. The molecule has 0 saturated carbocycles. The quantitative estimate of drug-likeness (QED) is 0.569. The van der Waals surface area contributed by atoms with Crippen molar-refractivity contribution < 1.29 is 14.3 Å². The predicted octanol–water partition coefficient (Wildman–Crippen LogP) is 5.52. The van der Waals surface area contributed by atoms with E-state index in [-0.39, 0.29) is 18.6 Å². The molecule has 0 fully saturated rings. The average Bonchev–Trinajstić information content (AvgIpc) is 3.47. The van der Waals surface area contributed by atoms with Crippen molar-refractivity contribution >= 4 is 5.91 Å². The molecule has 1 aliphatic heterocycles. The van der Waals surface area contributed by atoms with E-state index in [2.05, 4.69) is 30.3 Å². The minimum Gasteiger partial charge on any atom is -0.454 e. The summed E-state index contributed by atoms with van der Waals surface area (Å²) < 4.78 is 11.0. The lowest BCUT2D eigenvalue weighted by Gasteiger charge is -2.29. The molecule has 0 spiro atoms. The third kappa shape index (κ3) is 3.57. The van der Waals surface area contributed by atoms with Gasteiger partial charge in [0.2, 0.25) is 6.79 Å². The van der Waals surface area contributed by atoms with Crippen LogP contribution >= 0.6 is 0 Å². The van der Waals surface area contributed by atoms with E-state index in [1.165, 1.54) is 0 Å². The second-order valence-electron chi connectivity index (χ2n) is 7.61. The Balaban J connectivity index is 1.50. The molecule has 4 nitrogen and oxygen atoms in total. The second-order valence-corrected chi connectivity index (χ2v) is 7.61. The number of hydrogen-bond acceptors (Lipinski definition) is 3. The molecule has 3 aromatic rings. The highest BCUT2D eigenvalue weighted by Crippen LogP contribution is 2.42. The van der Waals surface area contributed by atoms with Crippen molar-refractivity contribution in [1.82, 2.24) is 4.90 Å². The van der Waals surface area contributed by atoms with E-state index in [9.17, 15) is 4.79 Å². The van der Waals surface area contributed by atoms with E-state index in [4.69, 9.17) is 9.47 Å². The summed E-state index contributed by atoms with van der Waals surface area (Å²) in [4.78, 5) is 15.5. The highest BCUT2D eigenvalue weighted by molar-refractivity contribution is 5.95. The van der Waals surface area contributed by atoms with E-state index in [1.807, 2.05) is 59.5 Å². The van der Waals surface area contributed by atoms with Crippen LogP contribution in [0.4, 0.5) is 0 Å². The third-order valence-corrected chi connectivity index (χ3v) is 5.73. The van der Waals surface area contributed by atoms with Crippen molar-refractivity contribution in [3.05, 3.63) is 107 Å². The number of ether oxygens (including phenoxy) is 2. The summed E-state index contributed by atoms with van der Waals surface area (Å²) in [6.07, 6.45) is 4.13. The molecule has 1 aliphatic carbocycles. The minimum absolute atomic E-state index is 0.0262. The first-order valence-corrected chi connectivity index (χ1v) is 10.3. The summed E-state index contributed by atoms with van der Waals surface area (Å²) in [7, 11) is 0. The molecule has 1 amide bonds. The molecule has 0 N–H and O–H groups in total. The molecular weight excluding hydrogens is 374 g/mol. The summed E-state index contributed by atoms with van der Waals surface area (Å²) >= 11 is 0. The van der Waals surface area contributed by atoms with Gasteiger partial charge in [-0.3, -0.25) is 4.79 Å². The van der Waals surface area contributed by atoms with Crippen LogP contribution in [0.15, 0.2) is 90.6 Å². The lowest BCUT2D eigenvalue weighted by atomic mass is 9.94. The standard InChI is InChI=1S/C26H23NO3/c28-26(20-10-5-2-6-11-20)27(17-19-8-3-1-4-9-19)23-13-7-12-22(23)21-14-15-24-25(16-21)30-18-29-24/h1-6,8-11,13-16,22H,7,12,17-18H2. The molecule has 1 unspecified atom stereocenters. The van der Waals surface area contributed by atoms with Crippen molar-refractivity contribution in [3.63, 3.8) is 0 Å². The lowest BCUT2D eigenvalue weighted by molar-refractivity contribution is 0.0788. The Morgan fingerprint density at radius 2 is 1.63 bits per heavy atom. The van der Waals surface area contributed by atoms with Crippen LogP contribution < -0.4 is 9.47 Å². The Labute approximate surface area is 176 Å². The van der Waals surface area contributed by atoms with E-state index in [0.29, 0.717) is 12.1 Å². The number of carbonyl (C=O) groups excluding carboxylic acids is 1. The van der Waals surface area contributed by atoms with Gasteiger partial charge < -0.3 is 14.4 Å². The van der Waals surface area contributed by atoms with Crippen LogP contribution in [0.1, 0.15) is 40.2 Å². The summed E-state index contributed by atoms with van der Waals surface area (Å²) in [5.74, 6) is 1.74. The largest absolute Gasteiger partial charge is 0.454 e. The van der Waals surface area contributed by atoms with Crippen molar-refractivity contribution in [2.24, 2.45) is 0 Å². The third-order valence-electron chi connectivity index (χ3n) is 5.73. The molecule has 3 aromatic carbocycles. The van der Waals surface area contributed by atoms with Crippen LogP contribution in [0.5, 0.6) is 11.5 Å². The molecule has 0 aromatic heterocycles. The number of fused-ring (bicyclic) bond motifs is 1. The molecule has 0 radical (unpaired) electrons. The first-order valence-electron chi connectivity index (χ1n) is 10.3. The molecule has 0 saturated heterocycles. The van der Waals surface area contributed by atoms with E-state index >= 15 is 0 Å². The summed E-state index contributed by atoms with van der Waals surface area (Å²) in [6.45, 7) is 0.806. The highest BCUT2D eigenvalue weighted by atomic mass is 16.7. The maximum absolute atomic E-state index is 13.5. The van der Waals surface area contributed by atoms with Crippen LogP contribution in [0, 0.1) is 0 Å². The highest BCUT2D eigenvalue weighted by Gasteiger charge is 2.31. The lowest BCUT2D eigenvalue weighted by Crippen LogP contribution is -2.31. The van der Waals surface area contributed by atoms with E-state index in [1.54, 1.807) is 0 Å². The normalized spacial score (nSPS) is 16.9. The molecule has 2 aliphatic rings. The number of carbonyl (C=O) groups is 1. The molecule has 0 bridgehead atoms. The average molecular weight is 397 g/mol. The first-order chi connectivity index (χ1) is 14.8. The molecular formula is C26H23NO3. The van der Waals surface area contributed by atoms with Crippen LogP contribution in [-0.2, 0) is 6.54 Å².